The highest BCUT2D eigenvalue weighted by atomic mass is 16.5. The molecule has 0 saturated carbocycles. The van der Waals surface area contributed by atoms with Crippen LogP contribution in [0, 0.1) is 6.92 Å². The highest BCUT2D eigenvalue weighted by molar-refractivity contribution is 5.26. The molecule has 0 aliphatic heterocycles. The number of unbranched alkanes of at least 4 members (excludes halogenated alkanes) is 3. The number of benzene rings is 1. The van der Waals surface area contributed by atoms with Crippen molar-refractivity contribution in [2.75, 3.05) is 0 Å². The van der Waals surface area contributed by atoms with E-state index in [4.69, 9.17) is 4.74 Å². The summed E-state index contributed by atoms with van der Waals surface area (Å²) in [6, 6.07) is 8.30. The fourth-order valence-corrected chi connectivity index (χ4v) is 1.77. The molecule has 0 radical (unpaired) electrons. The number of aryl methyl sites for hydroxylation is 1. The molecule has 1 unspecified atom stereocenters. The molecule has 0 amide bonds. The molecular weight excluding hydrogens is 196 g/mol. The molecule has 1 atom stereocenters. The van der Waals surface area contributed by atoms with Crippen molar-refractivity contribution < 1.29 is 4.74 Å². The Labute approximate surface area is 99.8 Å². The van der Waals surface area contributed by atoms with E-state index >= 15 is 0 Å². The fraction of sp³-hybridized carbons (Fsp3) is 0.600. The fourth-order valence-electron chi connectivity index (χ4n) is 1.77. The van der Waals surface area contributed by atoms with Gasteiger partial charge in [0.15, 0.2) is 0 Å². The van der Waals surface area contributed by atoms with Crippen molar-refractivity contribution in [1.82, 2.24) is 0 Å². The monoisotopic (exact) mass is 220 g/mol. The zero-order chi connectivity index (χ0) is 11.8. The van der Waals surface area contributed by atoms with Gasteiger partial charge < -0.3 is 4.74 Å². The van der Waals surface area contributed by atoms with Gasteiger partial charge in [-0.15, -0.1) is 0 Å². The molecule has 0 aromatic heterocycles. The molecule has 1 nitrogen and oxygen atoms in total. The number of hydrogen-bond acceptors (Lipinski definition) is 1. The van der Waals surface area contributed by atoms with E-state index in [9.17, 15) is 0 Å². The largest absolute Gasteiger partial charge is 0.491 e. The second-order valence-electron chi connectivity index (χ2n) is 4.59. The van der Waals surface area contributed by atoms with Gasteiger partial charge in [0, 0.05) is 0 Å². The average Bonchev–Trinajstić information content (AvgIpc) is 2.28. The van der Waals surface area contributed by atoms with E-state index in [-0.39, 0.29) is 0 Å². The van der Waals surface area contributed by atoms with E-state index in [1.807, 2.05) is 0 Å². The summed E-state index contributed by atoms with van der Waals surface area (Å²) in [5.41, 5.74) is 1.28. The normalized spacial score (nSPS) is 12.4. The predicted octanol–water partition coefficient (Wildman–Crippen LogP) is 4.73. The quantitative estimate of drug-likeness (QED) is 0.603. The van der Waals surface area contributed by atoms with Gasteiger partial charge in [-0.2, -0.15) is 0 Å². The molecule has 1 aromatic rings. The van der Waals surface area contributed by atoms with Gasteiger partial charge >= 0.3 is 0 Å². The van der Waals surface area contributed by atoms with Crippen LogP contribution in [-0.2, 0) is 0 Å². The Balaban J connectivity index is 2.23. The van der Waals surface area contributed by atoms with Gasteiger partial charge in [0.2, 0.25) is 0 Å². The van der Waals surface area contributed by atoms with E-state index in [2.05, 4.69) is 45.0 Å². The Kier molecular flexibility index (Phi) is 5.99. The van der Waals surface area contributed by atoms with Crippen LogP contribution in [0.1, 0.15) is 51.5 Å². The minimum absolute atomic E-state index is 0.333. The Morgan fingerprint density at radius 3 is 2.38 bits per heavy atom. The number of ether oxygens (including phenoxy) is 1. The molecule has 0 aliphatic carbocycles. The lowest BCUT2D eigenvalue weighted by atomic mass is 10.1. The lowest BCUT2D eigenvalue weighted by molar-refractivity contribution is 0.206. The minimum Gasteiger partial charge on any atom is -0.491 e. The van der Waals surface area contributed by atoms with Crippen LogP contribution in [0.25, 0.3) is 0 Å². The van der Waals surface area contributed by atoms with Crippen LogP contribution >= 0.6 is 0 Å². The molecule has 0 spiro atoms. The van der Waals surface area contributed by atoms with E-state index < -0.39 is 0 Å². The average molecular weight is 220 g/mol. The maximum atomic E-state index is 5.85. The third kappa shape index (κ3) is 5.20. The lowest BCUT2D eigenvalue weighted by Gasteiger charge is -2.14. The Bertz CT molecular complexity index is 276. The molecule has 0 bridgehead atoms. The number of rotatable bonds is 7. The zero-order valence-corrected chi connectivity index (χ0v) is 10.8. The highest BCUT2D eigenvalue weighted by Crippen LogP contribution is 2.16. The first kappa shape index (κ1) is 13.1. The van der Waals surface area contributed by atoms with E-state index in [1.165, 1.54) is 31.2 Å². The van der Waals surface area contributed by atoms with E-state index in [0.29, 0.717) is 6.10 Å². The van der Waals surface area contributed by atoms with Gasteiger partial charge in [-0.1, -0.05) is 43.9 Å². The van der Waals surface area contributed by atoms with Gasteiger partial charge in [-0.05, 0) is 38.8 Å². The zero-order valence-electron chi connectivity index (χ0n) is 10.8. The Hall–Kier alpha value is -0.980. The summed E-state index contributed by atoms with van der Waals surface area (Å²) in [5, 5.41) is 0. The third-order valence-corrected chi connectivity index (χ3v) is 2.82. The molecule has 0 N–H and O–H groups in total. The van der Waals surface area contributed by atoms with Crippen LogP contribution < -0.4 is 4.74 Å². The summed E-state index contributed by atoms with van der Waals surface area (Å²) in [5.74, 6) is 0.994. The molecule has 0 fully saturated rings. The Morgan fingerprint density at radius 1 is 1.06 bits per heavy atom. The third-order valence-electron chi connectivity index (χ3n) is 2.82. The smallest absolute Gasteiger partial charge is 0.119 e. The van der Waals surface area contributed by atoms with Crippen molar-refractivity contribution in [2.24, 2.45) is 0 Å². The van der Waals surface area contributed by atoms with Crippen molar-refractivity contribution in [3.05, 3.63) is 29.8 Å². The molecule has 1 rings (SSSR count). The highest BCUT2D eigenvalue weighted by Gasteiger charge is 2.03. The summed E-state index contributed by atoms with van der Waals surface area (Å²) in [6.07, 6.45) is 6.75. The molecular formula is C15H24O. The summed E-state index contributed by atoms with van der Waals surface area (Å²) in [4.78, 5) is 0. The maximum Gasteiger partial charge on any atom is 0.119 e. The SMILES string of the molecule is CCCCCCC(C)Oc1ccc(C)cc1. The second kappa shape index (κ2) is 7.32. The van der Waals surface area contributed by atoms with Crippen molar-refractivity contribution in [3.8, 4) is 5.75 Å². The van der Waals surface area contributed by atoms with Gasteiger partial charge in [0.25, 0.3) is 0 Å². The molecule has 90 valence electrons. The Morgan fingerprint density at radius 2 is 1.75 bits per heavy atom. The van der Waals surface area contributed by atoms with Crippen LogP contribution in [0.4, 0.5) is 0 Å². The second-order valence-corrected chi connectivity index (χ2v) is 4.59. The first-order valence-electron chi connectivity index (χ1n) is 6.45. The van der Waals surface area contributed by atoms with Gasteiger partial charge in [-0.25, -0.2) is 0 Å². The van der Waals surface area contributed by atoms with Crippen molar-refractivity contribution in [2.45, 2.75) is 59.0 Å². The van der Waals surface area contributed by atoms with Crippen LogP contribution in [0.15, 0.2) is 24.3 Å². The standard InChI is InChI=1S/C15H24O/c1-4-5-6-7-8-14(3)16-15-11-9-13(2)10-12-15/h9-12,14H,4-8H2,1-3H3. The molecule has 16 heavy (non-hydrogen) atoms. The van der Waals surface area contributed by atoms with Crippen molar-refractivity contribution in [1.29, 1.82) is 0 Å². The first-order valence-corrected chi connectivity index (χ1v) is 6.45. The van der Waals surface area contributed by atoms with E-state index in [0.717, 1.165) is 12.2 Å². The molecule has 0 aliphatic rings. The van der Waals surface area contributed by atoms with Gasteiger partial charge in [0.05, 0.1) is 6.10 Å². The molecule has 1 aromatic carbocycles. The van der Waals surface area contributed by atoms with Crippen LogP contribution in [0.5, 0.6) is 5.75 Å². The van der Waals surface area contributed by atoms with Crippen LogP contribution in [-0.4, -0.2) is 6.10 Å². The molecule has 0 heterocycles. The van der Waals surface area contributed by atoms with Crippen LogP contribution in [0.2, 0.25) is 0 Å². The first-order chi connectivity index (χ1) is 7.72. The minimum atomic E-state index is 0.333. The van der Waals surface area contributed by atoms with Crippen LogP contribution in [0.3, 0.4) is 0 Å². The van der Waals surface area contributed by atoms with Gasteiger partial charge in [0.1, 0.15) is 5.75 Å². The van der Waals surface area contributed by atoms with Crippen molar-refractivity contribution >= 4 is 0 Å². The predicted molar refractivity (Wildman–Crippen MR) is 70.0 cm³/mol. The molecule has 0 saturated heterocycles. The summed E-state index contributed by atoms with van der Waals surface area (Å²) >= 11 is 0. The maximum absolute atomic E-state index is 5.85. The summed E-state index contributed by atoms with van der Waals surface area (Å²) in [6.45, 7) is 6.50. The summed E-state index contributed by atoms with van der Waals surface area (Å²) < 4.78 is 5.85. The van der Waals surface area contributed by atoms with Crippen molar-refractivity contribution in [3.63, 3.8) is 0 Å². The lowest BCUT2D eigenvalue weighted by Crippen LogP contribution is -2.11. The molecule has 1 heteroatoms. The summed E-state index contributed by atoms with van der Waals surface area (Å²) in [7, 11) is 0. The number of hydrogen-bond donors (Lipinski definition) is 0. The van der Waals surface area contributed by atoms with E-state index in [1.54, 1.807) is 0 Å². The van der Waals surface area contributed by atoms with Gasteiger partial charge in [-0.3, -0.25) is 0 Å². The topological polar surface area (TPSA) is 9.23 Å².